The predicted molar refractivity (Wildman–Crippen MR) is 118 cm³/mol. The molecule has 2 atom stereocenters. The molecular weight excluding hydrogens is 395 g/mol. The third-order valence-corrected chi connectivity index (χ3v) is 5.80. The minimum Gasteiger partial charge on any atom is -0.497 e. The first-order chi connectivity index (χ1) is 15.0. The van der Waals surface area contributed by atoms with Crippen LogP contribution in [0.15, 0.2) is 48.5 Å². The molecule has 0 saturated carbocycles. The van der Waals surface area contributed by atoms with E-state index in [0.717, 1.165) is 42.7 Å². The second-order valence-corrected chi connectivity index (χ2v) is 8.09. The largest absolute Gasteiger partial charge is 0.497 e. The maximum atomic E-state index is 13.3. The van der Waals surface area contributed by atoms with E-state index in [1.807, 2.05) is 36.1 Å². The van der Waals surface area contributed by atoms with Crippen molar-refractivity contribution in [2.75, 3.05) is 20.2 Å². The Labute approximate surface area is 183 Å². The van der Waals surface area contributed by atoms with Crippen LogP contribution in [0.4, 0.5) is 4.39 Å². The number of benzene rings is 2. The Kier molecular flexibility index (Phi) is 8.04. The Morgan fingerprint density at radius 3 is 2.52 bits per heavy atom. The number of amides is 2. The molecule has 1 aliphatic heterocycles. The third-order valence-electron chi connectivity index (χ3n) is 5.80. The molecule has 0 aliphatic carbocycles. The van der Waals surface area contributed by atoms with E-state index >= 15 is 0 Å². The van der Waals surface area contributed by atoms with Gasteiger partial charge < -0.3 is 15.0 Å². The van der Waals surface area contributed by atoms with Crippen LogP contribution in [-0.2, 0) is 16.0 Å². The molecule has 0 bridgehead atoms. The summed E-state index contributed by atoms with van der Waals surface area (Å²) in [6.45, 7) is 3.18. The van der Waals surface area contributed by atoms with Gasteiger partial charge in [-0.2, -0.15) is 0 Å². The molecule has 0 radical (unpaired) electrons. The fourth-order valence-corrected chi connectivity index (χ4v) is 4.02. The van der Waals surface area contributed by atoms with Crippen molar-refractivity contribution < 1.29 is 18.7 Å². The summed E-state index contributed by atoms with van der Waals surface area (Å²) in [6.07, 6.45) is 3.48. The molecule has 6 heteroatoms. The zero-order chi connectivity index (χ0) is 22.2. The summed E-state index contributed by atoms with van der Waals surface area (Å²) in [5.41, 5.74) is 1.89. The van der Waals surface area contributed by atoms with Gasteiger partial charge in [-0.1, -0.05) is 31.2 Å². The molecule has 3 rings (SSSR count). The summed E-state index contributed by atoms with van der Waals surface area (Å²) >= 11 is 0. The van der Waals surface area contributed by atoms with Crippen LogP contribution in [0.3, 0.4) is 0 Å². The third kappa shape index (κ3) is 6.29. The number of halogens is 1. The first-order valence-electron chi connectivity index (χ1n) is 11.0. The normalized spacial score (nSPS) is 17.1. The second kappa shape index (κ2) is 10.9. The van der Waals surface area contributed by atoms with Crippen molar-refractivity contribution in [1.82, 2.24) is 10.2 Å². The van der Waals surface area contributed by atoms with E-state index < -0.39 is 0 Å². The number of nitrogens with one attached hydrogen (secondary N) is 1. The lowest BCUT2D eigenvalue weighted by molar-refractivity contribution is -0.136. The Hall–Kier alpha value is -2.89. The minimum absolute atomic E-state index is 0.0445. The summed E-state index contributed by atoms with van der Waals surface area (Å²) in [7, 11) is 1.61. The van der Waals surface area contributed by atoms with Crippen LogP contribution >= 0.6 is 0 Å². The van der Waals surface area contributed by atoms with Crippen molar-refractivity contribution in [1.29, 1.82) is 0 Å². The topological polar surface area (TPSA) is 58.6 Å². The number of carbonyl (C=O) groups excluding carboxylic acids is 2. The lowest BCUT2D eigenvalue weighted by Gasteiger charge is -2.33. The van der Waals surface area contributed by atoms with Crippen LogP contribution in [0, 0.1) is 11.7 Å². The number of rotatable bonds is 8. The summed E-state index contributed by atoms with van der Waals surface area (Å²) in [6, 6.07) is 13.7. The molecule has 1 saturated heterocycles. The number of piperidine rings is 1. The highest BCUT2D eigenvalue weighted by Crippen LogP contribution is 2.24. The van der Waals surface area contributed by atoms with E-state index in [-0.39, 0.29) is 29.6 Å². The monoisotopic (exact) mass is 426 g/mol. The van der Waals surface area contributed by atoms with Crippen LogP contribution in [0.1, 0.15) is 49.8 Å². The smallest absolute Gasteiger partial charge is 0.225 e. The summed E-state index contributed by atoms with van der Waals surface area (Å²) in [5.74, 6) is 0.319. The Morgan fingerprint density at radius 2 is 1.87 bits per heavy atom. The highest BCUT2D eigenvalue weighted by atomic mass is 19.1. The van der Waals surface area contributed by atoms with Crippen molar-refractivity contribution >= 4 is 11.8 Å². The lowest BCUT2D eigenvalue weighted by Crippen LogP contribution is -2.46. The molecule has 166 valence electrons. The van der Waals surface area contributed by atoms with Crippen LogP contribution in [0.25, 0.3) is 0 Å². The van der Waals surface area contributed by atoms with Gasteiger partial charge in [-0.3, -0.25) is 9.59 Å². The molecule has 5 nitrogen and oxygen atoms in total. The summed E-state index contributed by atoms with van der Waals surface area (Å²) in [4.78, 5) is 27.3. The van der Waals surface area contributed by atoms with Crippen molar-refractivity contribution in [2.45, 2.75) is 45.1 Å². The van der Waals surface area contributed by atoms with Gasteiger partial charge in [-0.05, 0) is 61.1 Å². The van der Waals surface area contributed by atoms with Gasteiger partial charge in [0.2, 0.25) is 11.8 Å². The number of hydrogen-bond acceptors (Lipinski definition) is 3. The van der Waals surface area contributed by atoms with Gasteiger partial charge in [0.15, 0.2) is 0 Å². The maximum absolute atomic E-state index is 13.3. The first-order valence-corrected chi connectivity index (χ1v) is 11.0. The van der Waals surface area contributed by atoms with Gasteiger partial charge in [0.1, 0.15) is 11.6 Å². The molecule has 1 aliphatic rings. The van der Waals surface area contributed by atoms with E-state index in [1.165, 1.54) is 12.1 Å². The van der Waals surface area contributed by atoms with E-state index in [0.29, 0.717) is 19.4 Å². The van der Waals surface area contributed by atoms with Crippen molar-refractivity contribution in [3.8, 4) is 5.75 Å². The quantitative estimate of drug-likeness (QED) is 0.686. The molecule has 2 aromatic rings. The fourth-order valence-electron chi connectivity index (χ4n) is 4.02. The van der Waals surface area contributed by atoms with Gasteiger partial charge in [-0.15, -0.1) is 0 Å². The van der Waals surface area contributed by atoms with Crippen LogP contribution in [0.2, 0.25) is 0 Å². The molecule has 0 spiro atoms. The molecule has 31 heavy (non-hydrogen) atoms. The van der Waals surface area contributed by atoms with Crippen LogP contribution < -0.4 is 10.1 Å². The van der Waals surface area contributed by atoms with E-state index in [1.54, 1.807) is 19.2 Å². The average molecular weight is 427 g/mol. The SMILES string of the molecule is CCCC(=O)N1CCCC(C(=O)NC(Cc2ccc(F)cc2)c2ccc(OC)cc2)C1. The highest BCUT2D eigenvalue weighted by Gasteiger charge is 2.29. The predicted octanol–water partition coefficient (Wildman–Crippen LogP) is 4.27. The van der Waals surface area contributed by atoms with E-state index in [4.69, 9.17) is 4.74 Å². The van der Waals surface area contributed by atoms with Crippen molar-refractivity contribution in [3.63, 3.8) is 0 Å². The van der Waals surface area contributed by atoms with Crippen LogP contribution in [0.5, 0.6) is 5.75 Å². The molecule has 2 unspecified atom stereocenters. The Balaban J connectivity index is 1.74. The van der Waals surface area contributed by atoms with Crippen molar-refractivity contribution in [2.24, 2.45) is 5.92 Å². The molecular formula is C25H31FN2O3. The summed E-state index contributed by atoms with van der Waals surface area (Å²) in [5, 5.41) is 3.18. The Morgan fingerprint density at radius 1 is 1.16 bits per heavy atom. The van der Waals surface area contributed by atoms with Gasteiger partial charge in [0, 0.05) is 19.5 Å². The van der Waals surface area contributed by atoms with Gasteiger partial charge >= 0.3 is 0 Å². The second-order valence-electron chi connectivity index (χ2n) is 8.09. The highest BCUT2D eigenvalue weighted by molar-refractivity contribution is 5.81. The van der Waals surface area contributed by atoms with Crippen molar-refractivity contribution in [3.05, 3.63) is 65.5 Å². The molecule has 0 aromatic heterocycles. The minimum atomic E-state index is -0.284. The Bertz CT molecular complexity index is 867. The number of ether oxygens (including phenoxy) is 1. The maximum Gasteiger partial charge on any atom is 0.225 e. The molecule has 2 aromatic carbocycles. The average Bonchev–Trinajstić information content (AvgIpc) is 2.80. The fraction of sp³-hybridized carbons (Fsp3) is 0.440. The van der Waals surface area contributed by atoms with Crippen LogP contribution in [-0.4, -0.2) is 36.9 Å². The number of likely N-dealkylation sites (tertiary alicyclic amines) is 1. The number of hydrogen-bond donors (Lipinski definition) is 1. The molecule has 2 amide bonds. The van der Waals surface area contributed by atoms with E-state index in [9.17, 15) is 14.0 Å². The first kappa shape index (κ1) is 22.8. The lowest BCUT2D eigenvalue weighted by atomic mass is 9.94. The van der Waals surface area contributed by atoms with Gasteiger partial charge in [-0.25, -0.2) is 4.39 Å². The van der Waals surface area contributed by atoms with E-state index in [2.05, 4.69) is 5.32 Å². The zero-order valence-electron chi connectivity index (χ0n) is 18.3. The summed E-state index contributed by atoms with van der Waals surface area (Å²) < 4.78 is 18.6. The number of carbonyl (C=O) groups is 2. The molecule has 1 heterocycles. The van der Waals surface area contributed by atoms with Gasteiger partial charge in [0.05, 0.1) is 19.1 Å². The number of nitrogens with zero attached hydrogens (tertiary/aromatic N) is 1. The molecule has 1 fully saturated rings. The molecule has 1 N–H and O–H groups in total. The zero-order valence-corrected chi connectivity index (χ0v) is 18.3. The standard InChI is InChI=1S/C25H31FN2O3/c1-3-5-24(29)28-15-4-6-20(17-28)25(30)27-23(16-18-7-11-21(26)12-8-18)19-9-13-22(31-2)14-10-19/h7-14,20,23H,3-6,15-17H2,1-2H3,(H,27,30). The van der Waals surface area contributed by atoms with Gasteiger partial charge in [0.25, 0.3) is 0 Å². The number of methoxy groups -OCH3 is 1.